The van der Waals surface area contributed by atoms with E-state index in [0.29, 0.717) is 26.2 Å². The Morgan fingerprint density at radius 2 is 2.05 bits per heavy atom. The Morgan fingerprint density at radius 1 is 1.24 bits per heavy atom. The number of carbonyl (C=O) groups is 1. The van der Waals surface area contributed by atoms with Crippen LogP contribution >= 0.6 is 0 Å². The van der Waals surface area contributed by atoms with E-state index in [0.717, 1.165) is 31.4 Å². The maximum atomic E-state index is 11.2. The summed E-state index contributed by atoms with van der Waals surface area (Å²) in [5.74, 6) is 0.818. The highest BCUT2D eigenvalue weighted by atomic mass is 16.5. The number of aryl methyl sites for hydroxylation is 1. The van der Waals surface area contributed by atoms with Crippen LogP contribution in [-0.4, -0.2) is 25.7 Å². The molecule has 2 N–H and O–H groups in total. The second-order valence-corrected chi connectivity index (χ2v) is 5.11. The molecule has 21 heavy (non-hydrogen) atoms. The number of unbranched alkanes of at least 4 members (excludes halogenated alkanes) is 2. The van der Waals surface area contributed by atoms with Gasteiger partial charge in [-0.3, -0.25) is 4.79 Å². The Balaban J connectivity index is 2.25. The predicted octanol–water partition coefficient (Wildman–Crippen LogP) is 3.00. The zero-order valence-electron chi connectivity index (χ0n) is 13.2. The first-order valence-electron chi connectivity index (χ1n) is 7.75. The summed E-state index contributed by atoms with van der Waals surface area (Å²) in [6, 6.07) is 6.19. The first-order valence-corrected chi connectivity index (χ1v) is 7.75. The lowest BCUT2D eigenvalue weighted by Crippen LogP contribution is -2.07. The van der Waals surface area contributed by atoms with Gasteiger partial charge in [0.15, 0.2) is 0 Å². The Bertz CT molecular complexity index is 432. The van der Waals surface area contributed by atoms with Gasteiger partial charge in [0.1, 0.15) is 5.75 Å². The summed E-state index contributed by atoms with van der Waals surface area (Å²) in [5, 5.41) is 0. The van der Waals surface area contributed by atoms with Crippen molar-refractivity contribution in [3.05, 3.63) is 29.3 Å². The molecule has 4 heteroatoms. The number of esters is 1. The molecule has 1 aromatic carbocycles. The molecule has 0 saturated heterocycles. The molecule has 1 aromatic rings. The van der Waals surface area contributed by atoms with E-state index in [9.17, 15) is 4.79 Å². The zero-order chi connectivity index (χ0) is 15.5. The molecule has 0 heterocycles. The van der Waals surface area contributed by atoms with Crippen LogP contribution in [0.5, 0.6) is 5.75 Å². The Hall–Kier alpha value is -1.55. The van der Waals surface area contributed by atoms with Gasteiger partial charge in [-0.1, -0.05) is 17.7 Å². The molecule has 118 valence electrons. The normalized spacial score (nSPS) is 10.4. The van der Waals surface area contributed by atoms with Crippen LogP contribution in [0.1, 0.15) is 43.7 Å². The summed E-state index contributed by atoms with van der Waals surface area (Å²) in [6.45, 7) is 5.65. The minimum absolute atomic E-state index is 0.109. The average Bonchev–Trinajstić information content (AvgIpc) is 2.45. The lowest BCUT2D eigenvalue weighted by Gasteiger charge is -2.12. The molecule has 0 aliphatic rings. The van der Waals surface area contributed by atoms with Gasteiger partial charge in [-0.15, -0.1) is 0 Å². The molecule has 0 aliphatic heterocycles. The second-order valence-electron chi connectivity index (χ2n) is 5.11. The van der Waals surface area contributed by atoms with E-state index in [1.165, 1.54) is 11.1 Å². The fourth-order valence-electron chi connectivity index (χ4n) is 2.16. The monoisotopic (exact) mass is 293 g/mol. The molecule has 0 aromatic heterocycles. The van der Waals surface area contributed by atoms with Crippen molar-refractivity contribution in [3.63, 3.8) is 0 Å². The summed E-state index contributed by atoms with van der Waals surface area (Å²) in [5.41, 5.74) is 8.02. The van der Waals surface area contributed by atoms with Gasteiger partial charge in [0.25, 0.3) is 0 Å². The zero-order valence-corrected chi connectivity index (χ0v) is 13.2. The summed E-state index contributed by atoms with van der Waals surface area (Å²) in [7, 11) is 0. The lowest BCUT2D eigenvalue weighted by molar-refractivity contribution is -0.143. The van der Waals surface area contributed by atoms with Crippen molar-refractivity contribution >= 4 is 5.97 Å². The molecule has 4 nitrogen and oxygen atoms in total. The van der Waals surface area contributed by atoms with Gasteiger partial charge < -0.3 is 15.2 Å². The smallest absolute Gasteiger partial charge is 0.305 e. The standard InChI is InChI=1S/C17H27NO3/c1-3-20-17(19)7-5-4-6-12-21-16-9-8-14(2)13-15(16)10-11-18/h8-9,13H,3-7,10-12,18H2,1-2H3. The van der Waals surface area contributed by atoms with E-state index in [1.54, 1.807) is 0 Å². The van der Waals surface area contributed by atoms with E-state index in [4.69, 9.17) is 15.2 Å². The largest absolute Gasteiger partial charge is 0.493 e. The van der Waals surface area contributed by atoms with Gasteiger partial charge in [0.2, 0.25) is 0 Å². The van der Waals surface area contributed by atoms with Gasteiger partial charge in [-0.05, 0) is 57.7 Å². The van der Waals surface area contributed by atoms with Gasteiger partial charge in [-0.25, -0.2) is 0 Å². The van der Waals surface area contributed by atoms with Gasteiger partial charge in [0, 0.05) is 6.42 Å². The second kappa shape index (κ2) is 10.2. The first-order chi connectivity index (χ1) is 10.2. The molecule has 1 rings (SSSR count). The minimum Gasteiger partial charge on any atom is -0.493 e. The third-order valence-electron chi connectivity index (χ3n) is 3.22. The first kappa shape index (κ1) is 17.5. The quantitative estimate of drug-likeness (QED) is 0.532. The average molecular weight is 293 g/mol. The van der Waals surface area contributed by atoms with Crippen molar-refractivity contribution in [2.24, 2.45) is 5.73 Å². The molecular weight excluding hydrogens is 266 g/mol. The molecule has 0 radical (unpaired) electrons. The van der Waals surface area contributed by atoms with Crippen LogP contribution in [0.15, 0.2) is 18.2 Å². The number of hydrogen-bond acceptors (Lipinski definition) is 4. The highest BCUT2D eigenvalue weighted by molar-refractivity contribution is 5.69. The highest BCUT2D eigenvalue weighted by Gasteiger charge is 2.04. The lowest BCUT2D eigenvalue weighted by atomic mass is 10.1. The van der Waals surface area contributed by atoms with E-state index in [-0.39, 0.29) is 5.97 Å². The number of carbonyl (C=O) groups excluding carboxylic acids is 1. The van der Waals surface area contributed by atoms with Crippen LogP contribution in [-0.2, 0) is 16.0 Å². The van der Waals surface area contributed by atoms with Gasteiger partial charge in [-0.2, -0.15) is 0 Å². The van der Waals surface area contributed by atoms with Crippen LogP contribution in [0.4, 0.5) is 0 Å². The SMILES string of the molecule is CCOC(=O)CCCCCOc1ccc(C)cc1CCN. The van der Waals surface area contributed by atoms with Crippen LogP contribution in [0.3, 0.4) is 0 Å². The van der Waals surface area contributed by atoms with Crippen molar-refractivity contribution in [1.29, 1.82) is 0 Å². The van der Waals surface area contributed by atoms with Gasteiger partial charge >= 0.3 is 5.97 Å². The number of benzene rings is 1. The van der Waals surface area contributed by atoms with Crippen LogP contribution < -0.4 is 10.5 Å². The van der Waals surface area contributed by atoms with Crippen LogP contribution in [0, 0.1) is 6.92 Å². The Labute approximate surface area is 127 Å². The van der Waals surface area contributed by atoms with Crippen molar-refractivity contribution in [2.75, 3.05) is 19.8 Å². The predicted molar refractivity (Wildman–Crippen MR) is 84.5 cm³/mol. The van der Waals surface area contributed by atoms with Crippen LogP contribution in [0.2, 0.25) is 0 Å². The topological polar surface area (TPSA) is 61.5 Å². The highest BCUT2D eigenvalue weighted by Crippen LogP contribution is 2.20. The van der Waals surface area contributed by atoms with E-state index in [1.807, 2.05) is 13.0 Å². The molecule has 0 aliphatic carbocycles. The molecule has 0 unspecified atom stereocenters. The van der Waals surface area contributed by atoms with E-state index < -0.39 is 0 Å². The summed E-state index contributed by atoms with van der Waals surface area (Å²) in [6.07, 6.45) is 4.09. The minimum atomic E-state index is -0.109. The van der Waals surface area contributed by atoms with Crippen molar-refractivity contribution in [3.8, 4) is 5.75 Å². The van der Waals surface area contributed by atoms with Crippen molar-refractivity contribution in [1.82, 2.24) is 0 Å². The summed E-state index contributed by atoms with van der Waals surface area (Å²) >= 11 is 0. The molecule has 0 saturated carbocycles. The molecule has 0 spiro atoms. The summed E-state index contributed by atoms with van der Waals surface area (Å²) < 4.78 is 10.7. The molecule has 0 atom stereocenters. The van der Waals surface area contributed by atoms with Crippen molar-refractivity contribution in [2.45, 2.75) is 46.0 Å². The number of rotatable bonds is 10. The number of nitrogens with two attached hydrogens (primary N) is 1. The van der Waals surface area contributed by atoms with Gasteiger partial charge in [0.05, 0.1) is 13.2 Å². The number of hydrogen-bond donors (Lipinski definition) is 1. The molecular formula is C17H27NO3. The molecule has 0 bridgehead atoms. The Kier molecular flexibility index (Phi) is 8.51. The van der Waals surface area contributed by atoms with E-state index in [2.05, 4.69) is 19.1 Å². The third-order valence-corrected chi connectivity index (χ3v) is 3.22. The Morgan fingerprint density at radius 3 is 2.76 bits per heavy atom. The molecule has 0 amide bonds. The fourth-order valence-corrected chi connectivity index (χ4v) is 2.16. The molecule has 0 fully saturated rings. The summed E-state index contributed by atoms with van der Waals surface area (Å²) in [4.78, 5) is 11.2. The maximum absolute atomic E-state index is 11.2. The maximum Gasteiger partial charge on any atom is 0.305 e. The van der Waals surface area contributed by atoms with E-state index >= 15 is 0 Å². The van der Waals surface area contributed by atoms with Crippen LogP contribution in [0.25, 0.3) is 0 Å². The van der Waals surface area contributed by atoms with Crippen molar-refractivity contribution < 1.29 is 14.3 Å². The third kappa shape index (κ3) is 7.14. The number of ether oxygens (including phenoxy) is 2. The fraction of sp³-hybridized carbons (Fsp3) is 0.588.